The average molecular weight is 500 g/mol. The van der Waals surface area contributed by atoms with Gasteiger partial charge in [0, 0.05) is 26.2 Å². The van der Waals surface area contributed by atoms with Gasteiger partial charge in [0.15, 0.2) is 0 Å². The van der Waals surface area contributed by atoms with Gasteiger partial charge < -0.3 is 5.32 Å². The molecule has 1 atom stereocenters. The second-order valence-electron chi connectivity index (χ2n) is 8.92. The molecule has 186 valence electrons. The SMILES string of the molecule is C[C@@]1(CCc2ccccc2)NC(=O)N(NC(=O)CN2CCN(S(=O)(=O)c3ccccc3)CC2)C1=O. The number of nitrogens with one attached hydrogen (secondary N) is 2. The smallest absolute Gasteiger partial charge is 0.322 e. The lowest BCUT2D eigenvalue weighted by atomic mass is 9.93. The van der Waals surface area contributed by atoms with Gasteiger partial charge in [-0.15, -0.1) is 0 Å². The van der Waals surface area contributed by atoms with Gasteiger partial charge in [-0.2, -0.15) is 9.31 Å². The summed E-state index contributed by atoms with van der Waals surface area (Å²) in [5, 5.41) is 3.42. The van der Waals surface area contributed by atoms with E-state index in [1.54, 1.807) is 42.2 Å². The molecule has 0 spiro atoms. The summed E-state index contributed by atoms with van der Waals surface area (Å²) >= 11 is 0. The zero-order chi connectivity index (χ0) is 25.1. The maximum absolute atomic E-state index is 12.9. The van der Waals surface area contributed by atoms with Gasteiger partial charge in [0.05, 0.1) is 11.4 Å². The molecule has 2 aromatic carbocycles. The number of nitrogens with zero attached hydrogens (tertiary/aromatic N) is 3. The molecule has 4 amide bonds. The summed E-state index contributed by atoms with van der Waals surface area (Å²) in [7, 11) is -3.59. The van der Waals surface area contributed by atoms with Crippen molar-refractivity contribution in [3.05, 3.63) is 66.2 Å². The largest absolute Gasteiger partial charge is 0.344 e. The molecular weight excluding hydrogens is 470 g/mol. The van der Waals surface area contributed by atoms with Crippen molar-refractivity contribution >= 4 is 27.9 Å². The Balaban J connectivity index is 1.28. The van der Waals surface area contributed by atoms with Crippen molar-refractivity contribution in [3.8, 4) is 0 Å². The van der Waals surface area contributed by atoms with Crippen LogP contribution >= 0.6 is 0 Å². The molecule has 0 aliphatic carbocycles. The van der Waals surface area contributed by atoms with Crippen molar-refractivity contribution in [2.45, 2.75) is 30.2 Å². The minimum Gasteiger partial charge on any atom is -0.322 e. The van der Waals surface area contributed by atoms with Gasteiger partial charge in [-0.1, -0.05) is 48.5 Å². The Morgan fingerprint density at radius 3 is 2.20 bits per heavy atom. The van der Waals surface area contributed by atoms with Gasteiger partial charge in [-0.05, 0) is 37.5 Å². The van der Waals surface area contributed by atoms with Gasteiger partial charge in [-0.3, -0.25) is 19.9 Å². The van der Waals surface area contributed by atoms with E-state index in [1.807, 2.05) is 30.3 Å². The van der Waals surface area contributed by atoms with E-state index in [4.69, 9.17) is 0 Å². The number of carbonyl (C=O) groups is 3. The third kappa shape index (κ3) is 5.53. The summed E-state index contributed by atoms with van der Waals surface area (Å²) in [4.78, 5) is 40.0. The summed E-state index contributed by atoms with van der Waals surface area (Å²) in [6, 6.07) is 17.2. The molecule has 0 aromatic heterocycles. The van der Waals surface area contributed by atoms with E-state index < -0.39 is 33.4 Å². The van der Waals surface area contributed by atoms with Crippen molar-refractivity contribution in [1.29, 1.82) is 0 Å². The molecule has 2 saturated heterocycles. The van der Waals surface area contributed by atoms with Gasteiger partial charge in [-0.25, -0.2) is 13.2 Å². The summed E-state index contributed by atoms with van der Waals surface area (Å²) in [5.41, 5.74) is 2.34. The number of sulfonamides is 1. The van der Waals surface area contributed by atoms with E-state index in [2.05, 4.69) is 10.7 Å². The predicted octanol–water partition coefficient (Wildman–Crippen LogP) is 0.967. The number of hydrogen-bond acceptors (Lipinski definition) is 6. The molecular formula is C24H29N5O5S. The molecule has 2 N–H and O–H groups in total. The number of rotatable bonds is 8. The maximum atomic E-state index is 12.9. The highest BCUT2D eigenvalue weighted by atomic mass is 32.2. The number of carbonyl (C=O) groups excluding carboxylic acids is 3. The van der Waals surface area contributed by atoms with E-state index in [1.165, 1.54) is 4.31 Å². The molecule has 0 bridgehead atoms. The number of piperazine rings is 1. The van der Waals surface area contributed by atoms with E-state index in [0.29, 0.717) is 25.9 Å². The molecule has 2 aliphatic rings. The predicted molar refractivity (Wildman–Crippen MR) is 128 cm³/mol. The van der Waals surface area contributed by atoms with Crippen LogP contribution in [0.25, 0.3) is 0 Å². The standard InChI is InChI=1S/C24H29N5O5S/c1-24(13-12-19-8-4-2-5-9-19)22(31)29(23(32)25-24)26-21(30)18-27-14-16-28(17-15-27)35(33,34)20-10-6-3-7-11-20/h2-11H,12-18H2,1H3,(H,25,32)(H,26,30)/t24-/m0/s1. The zero-order valence-electron chi connectivity index (χ0n) is 19.5. The van der Waals surface area contributed by atoms with Crippen molar-refractivity contribution in [3.63, 3.8) is 0 Å². The molecule has 2 fully saturated rings. The quantitative estimate of drug-likeness (QED) is 0.523. The van der Waals surface area contributed by atoms with Crippen molar-refractivity contribution < 1.29 is 22.8 Å². The minimum absolute atomic E-state index is 0.0585. The van der Waals surface area contributed by atoms with Crippen LogP contribution in [0.3, 0.4) is 0 Å². The third-order valence-electron chi connectivity index (χ3n) is 6.33. The monoisotopic (exact) mass is 499 g/mol. The Bertz CT molecular complexity index is 1180. The molecule has 2 aromatic rings. The van der Waals surface area contributed by atoms with E-state index >= 15 is 0 Å². The van der Waals surface area contributed by atoms with Crippen LogP contribution in [0.5, 0.6) is 0 Å². The lowest BCUT2D eigenvalue weighted by Crippen LogP contribution is -2.54. The van der Waals surface area contributed by atoms with Gasteiger partial charge in [0.25, 0.3) is 11.8 Å². The van der Waals surface area contributed by atoms with E-state index in [-0.39, 0.29) is 24.5 Å². The Morgan fingerprint density at radius 1 is 0.971 bits per heavy atom. The number of imide groups is 1. The first-order valence-electron chi connectivity index (χ1n) is 11.5. The number of hydrogen-bond donors (Lipinski definition) is 2. The maximum Gasteiger partial charge on any atom is 0.344 e. The third-order valence-corrected chi connectivity index (χ3v) is 8.25. The fourth-order valence-electron chi connectivity index (χ4n) is 4.23. The molecule has 0 unspecified atom stereocenters. The van der Waals surface area contributed by atoms with Crippen LogP contribution in [0.2, 0.25) is 0 Å². The fourth-order valence-corrected chi connectivity index (χ4v) is 5.67. The zero-order valence-corrected chi connectivity index (χ0v) is 20.3. The number of aryl methyl sites for hydroxylation is 1. The van der Waals surface area contributed by atoms with E-state index in [0.717, 1.165) is 10.6 Å². The Morgan fingerprint density at radius 2 is 1.57 bits per heavy atom. The number of hydrazine groups is 1. The summed E-state index contributed by atoms with van der Waals surface area (Å²) in [6.45, 7) is 2.78. The highest BCUT2D eigenvalue weighted by Gasteiger charge is 2.48. The highest BCUT2D eigenvalue weighted by Crippen LogP contribution is 2.22. The fraction of sp³-hybridized carbons (Fsp3) is 0.375. The Kier molecular flexibility index (Phi) is 7.20. The molecule has 2 heterocycles. The number of urea groups is 1. The number of amides is 4. The lowest BCUT2D eigenvalue weighted by molar-refractivity contribution is -0.139. The molecule has 0 saturated carbocycles. The molecule has 10 nitrogen and oxygen atoms in total. The van der Waals surface area contributed by atoms with Crippen molar-refractivity contribution in [2.75, 3.05) is 32.7 Å². The summed E-state index contributed by atoms with van der Waals surface area (Å²) < 4.78 is 26.9. The van der Waals surface area contributed by atoms with E-state index in [9.17, 15) is 22.8 Å². The first-order chi connectivity index (χ1) is 16.7. The summed E-state index contributed by atoms with van der Waals surface area (Å²) in [6.07, 6.45) is 0.993. The van der Waals surface area contributed by atoms with Crippen molar-refractivity contribution in [1.82, 2.24) is 25.0 Å². The topological polar surface area (TPSA) is 119 Å². The van der Waals surface area contributed by atoms with Crippen LogP contribution in [0.4, 0.5) is 4.79 Å². The second kappa shape index (κ2) is 10.1. The minimum atomic E-state index is -3.59. The average Bonchev–Trinajstić information content (AvgIpc) is 3.07. The Labute approximate surface area is 204 Å². The summed E-state index contributed by atoms with van der Waals surface area (Å²) in [5.74, 6) is -1.02. The normalized spacial score (nSPS) is 21.7. The Hall–Kier alpha value is -3.28. The lowest BCUT2D eigenvalue weighted by Gasteiger charge is -2.33. The highest BCUT2D eigenvalue weighted by molar-refractivity contribution is 7.89. The van der Waals surface area contributed by atoms with Gasteiger partial charge in [0.2, 0.25) is 10.0 Å². The van der Waals surface area contributed by atoms with Crippen LogP contribution in [-0.4, -0.2) is 78.7 Å². The van der Waals surface area contributed by atoms with Gasteiger partial charge >= 0.3 is 6.03 Å². The van der Waals surface area contributed by atoms with Crippen LogP contribution in [-0.2, 0) is 26.0 Å². The number of benzene rings is 2. The molecule has 0 radical (unpaired) electrons. The first-order valence-corrected chi connectivity index (χ1v) is 12.9. The van der Waals surface area contributed by atoms with Crippen molar-refractivity contribution in [2.24, 2.45) is 0 Å². The molecule has 35 heavy (non-hydrogen) atoms. The van der Waals surface area contributed by atoms with Gasteiger partial charge in [0.1, 0.15) is 5.54 Å². The second-order valence-corrected chi connectivity index (χ2v) is 10.9. The van der Waals surface area contributed by atoms with Crippen LogP contribution in [0.15, 0.2) is 65.6 Å². The molecule has 11 heteroatoms. The van der Waals surface area contributed by atoms with Crippen LogP contribution in [0.1, 0.15) is 18.9 Å². The first kappa shape index (κ1) is 24.8. The molecule has 4 rings (SSSR count). The van der Waals surface area contributed by atoms with Crippen LogP contribution in [0, 0.1) is 0 Å². The molecule has 2 aliphatic heterocycles. The van der Waals surface area contributed by atoms with Crippen LogP contribution < -0.4 is 10.7 Å².